The van der Waals surface area contributed by atoms with E-state index >= 15 is 0 Å². The lowest BCUT2D eigenvalue weighted by molar-refractivity contribution is 1.05. The Kier molecular flexibility index (Phi) is 4.70. The summed E-state index contributed by atoms with van der Waals surface area (Å²) in [7, 11) is 0. The maximum absolute atomic E-state index is 3.09. The van der Waals surface area contributed by atoms with E-state index in [0.717, 1.165) is 12.8 Å². The van der Waals surface area contributed by atoms with Crippen molar-refractivity contribution < 1.29 is 0 Å². The average molecular weight is 157 g/mol. The zero-order valence-electron chi connectivity index (χ0n) is 7.11. The molecule has 12 heavy (non-hydrogen) atoms. The largest absolute Gasteiger partial charge is 0.0842 e. The number of allylic oxidation sites excluding steroid dienone is 10. The highest BCUT2D eigenvalue weighted by atomic mass is 13.8. The fraction of sp³-hybridized carbons (Fsp3) is 0.167. The van der Waals surface area contributed by atoms with Crippen LogP contribution in [0.4, 0.5) is 0 Å². The minimum Gasteiger partial charge on any atom is -0.0842 e. The molecule has 0 aliphatic heterocycles. The molecule has 0 bridgehead atoms. The zero-order valence-corrected chi connectivity index (χ0v) is 7.11. The highest BCUT2D eigenvalue weighted by Gasteiger charge is 1.74. The van der Waals surface area contributed by atoms with Gasteiger partial charge in [-0.3, -0.25) is 0 Å². The summed E-state index contributed by atoms with van der Waals surface area (Å²) in [6.07, 6.45) is 23.5. The molecule has 1 aliphatic rings. The zero-order chi connectivity index (χ0) is 8.49. The van der Waals surface area contributed by atoms with Crippen LogP contribution in [0, 0.1) is 6.08 Å². The maximum Gasteiger partial charge on any atom is -0.0227 e. The molecular formula is C12H13. The number of hydrogen-bond donors (Lipinski definition) is 0. The van der Waals surface area contributed by atoms with Gasteiger partial charge in [-0.1, -0.05) is 54.7 Å². The van der Waals surface area contributed by atoms with E-state index in [0.29, 0.717) is 0 Å². The quantitative estimate of drug-likeness (QED) is 0.505. The first-order valence-corrected chi connectivity index (χ1v) is 4.23. The molecule has 0 amide bonds. The average Bonchev–Trinajstić information content (AvgIpc) is 2.05. The summed E-state index contributed by atoms with van der Waals surface area (Å²) in [5, 5.41) is 0. The van der Waals surface area contributed by atoms with Gasteiger partial charge >= 0.3 is 0 Å². The number of rotatable bonds is 0. The molecule has 1 aliphatic carbocycles. The Labute approximate surface area is 74.3 Å². The van der Waals surface area contributed by atoms with E-state index < -0.39 is 0 Å². The van der Waals surface area contributed by atoms with Gasteiger partial charge in [0.1, 0.15) is 0 Å². The van der Waals surface area contributed by atoms with Crippen molar-refractivity contribution in [3.8, 4) is 0 Å². The van der Waals surface area contributed by atoms with E-state index in [1.165, 1.54) is 0 Å². The molecule has 0 saturated heterocycles. The molecule has 1 rings (SSSR count). The van der Waals surface area contributed by atoms with Gasteiger partial charge < -0.3 is 0 Å². The second-order valence-corrected chi connectivity index (χ2v) is 2.51. The molecule has 0 aromatic rings. The van der Waals surface area contributed by atoms with Crippen LogP contribution in [-0.2, 0) is 0 Å². The first-order chi connectivity index (χ1) is 6.00. The number of hydrogen-bond acceptors (Lipinski definition) is 0. The molecule has 0 fully saturated rings. The molecule has 61 valence electrons. The molecule has 0 aromatic carbocycles. The third-order valence-corrected chi connectivity index (χ3v) is 1.48. The molecule has 0 nitrogen and oxygen atoms in total. The van der Waals surface area contributed by atoms with Crippen LogP contribution in [0.3, 0.4) is 0 Å². The van der Waals surface area contributed by atoms with Crippen LogP contribution in [-0.4, -0.2) is 0 Å². The summed E-state index contributed by atoms with van der Waals surface area (Å²) in [5.74, 6) is 0. The summed E-state index contributed by atoms with van der Waals surface area (Å²) in [6.45, 7) is 0. The lowest BCUT2D eigenvalue weighted by Crippen LogP contribution is -1.64. The van der Waals surface area contributed by atoms with Crippen LogP contribution in [0.1, 0.15) is 12.8 Å². The lowest BCUT2D eigenvalue weighted by atomic mass is 10.2. The SMILES string of the molecule is [C]1=C/CC/C=C/C=C\C=C\C=C/1. The molecule has 0 unspecified atom stereocenters. The maximum atomic E-state index is 3.09. The van der Waals surface area contributed by atoms with Crippen LogP contribution < -0.4 is 0 Å². The highest BCUT2D eigenvalue weighted by molar-refractivity contribution is 5.17. The smallest absolute Gasteiger partial charge is 0.0227 e. The molecule has 0 heterocycles. The normalized spacial score (nSPS) is 30.7. The van der Waals surface area contributed by atoms with Crippen LogP contribution in [0.15, 0.2) is 54.7 Å². The van der Waals surface area contributed by atoms with Gasteiger partial charge in [-0.05, 0) is 18.9 Å². The van der Waals surface area contributed by atoms with Crippen LogP contribution in [0.25, 0.3) is 0 Å². The van der Waals surface area contributed by atoms with Gasteiger partial charge in [0.2, 0.25) is 0 Å². The van der Waals surface area contributed by atoms with E-state index in [-0.39, 0.29) is 0 Å². The van der Waals surface area contributed by atoms with Gasteiger partial charge in [-0.15, -0.1) is 0 Å². The fourth-order valence-corrected chi connectivity index (χ4v) is 0.873. The molecule has 0 saturated carbocycles. The summed E-state index contributed by atoms with van der Waals surface area (Å²) < 4.78 is 0. The third-order valence-electron chi connectivity index (χ3n) is 1.48. The molecule has 1 radical (unpaired) electrons. The highest BCUT2D eigenvalue weighted by Crippen LogP contribution is 1.94. The minimum absolute atomic E-state index is 1.07. The Hall–Kier alpha value is -1.30. The molecule has 0 atom stereocenters. The van der Waals surface area contributed by atoms with Crippen molar-refractivity contribution in [3.63, 3.8) is 0 Å². The van der Waals surface area contributed by atoms with Gasteiger partial charge in [0.05, 0.1) is 0 Å². The van der Waals surface area contributed by atoms with Crippen molar-refractivity contribution in [2.75, 3.05) is 0 Å². The van der Waals surface area contributed by atoms with Crippen molar-refractivity contribution >= 4 is 0 Å². The molecule has 0 heteroatoms. The summed E-state index contributed by atoms with van der Waals surface area (Å²) >= 11 is 0. The van der Waals surface area contributed by atoms with Crippen molar-refractivity contribution in [3.05, 3.63) is 60.8 Å². The predicted octanol–water partition coefficient (Wildman–Crippen LogP) is 3.36. The third kappa shape index (κ3) is 4.51. The second-order valence-electron chi connectivity index (χ2n) is 2.51. The Morgan fingerprint density at radius 3 is 2.42 bits per heavy atom. The van der Waals surface area contributed by atoms with Gasteiger partial charge in [-0.25, -0.2) is 0 Å². The van der Waals surface area contributed by atoms with E-state index in [1.54, 1.807) is 0 Å². The first-order valence-electron chi connectivity index (χ1n) is 4.23. The van der Waals surface area contributed by atoms with E-state index in [2.05, 4.69) is 24.3 Å². The molecule has 0 N–H and O–H groups in total. The Bertz CT molecular complexity index is 211. The predicted molar refractivity (Wildman–Crippen MR) is 53.6 cm³/mol. The van der Waals surface area contributed by atoms with Gasteiger partial charge in [-0.2, -0.15) is 0 Å². The van der Waals surface area contributed by atoms with Crippen molar-refractivity contribution in [2.45, 2.75) is 12.8 Å². The fourth-order valence-electron chi connectivity index (χ4n) is 0.873. The Morgan fingerprint density at radius 2 is 1.50 bits per heavy atom. The van der Waals surface area contributed by atoms with E-state index in [4.69, 9.17) is 0 Å². The van der Waals surface area contributed by atoms with Gasteiger partial charge in [0.25, 0.3) is 0 Å². The topological polar surface area (TPSA) is 0 Å². The van der Waals surface area contributed by atoms with E-state index in [1.807, 2.05) is 36.5 Å². The molecular weight excluding hydrogens is 144 g/mol. The van der Waals surface area contributed by atoms with Gasteiger partial charge in [0.15, 0.2) is 0 Å². The monoisotopic (exact) mass is 157 g/mol. The Morgan fingerprint density at radius 1 is 0.750 bits per heavy atom. The summed E-state index contributed by atoms with van der Waals surface area (Å²) in [6, 6.07) is 0. The lowest BCUT2D eigenvalue weighted by Gasteiger charge is -1.84. The summed E-state index contributed by atoms with van der Waals surface area (Å²) in [4.78, 5) is 0. The molecule has 0 spiro atoms. The van der Waals surface area contributed by atoms with Crippen LogP contribution in [0.2, 0.25) is 0 Å². The minimum atomic E-state index is 1.07. The van der Waals surface area contributed by atoms with Crippen molar-refractivity contribution in [1.82, 2.24) is 0 Å². The Balaban J connectivity index is 2.55. The van der Waals surface area contributed by atoms with Crippen LogP contribution >= 0.6 is 0 Å². The second kappa shape index (κ2) is 6.41. The first kappa shape index (κ1) is 8.79. The van der Waals surface area contributed by atoms with Gasteiger partial charge in [0, 0.05) is 0 Å². The molecule has 0 aromatic heterocycles. The standard InChI is InChI=1S/C12H13/c1-2-4-6-8-10-12-11-9-7-5-3-1/h1-8,12H,9,11H2/b3-1-,4-2+,7-5+,8-6-,12-10?. The van der Waals surface area contributed by atoms with E-state index in [9.17, 15) is 0 Å². The summed E-state index contributed by atoms with van der Waals surface area (Å²) in [5.41, 5.74) is 0. The van der Waals surface area contributed by atoms with Crippen molar-refractivity contribution in [1.29, 1.82) is 0 Å². The van der Waals surface area contributed by atoms with Crippen LogP contribution in [0.5, 0.6) is 0 Å². The van der Waals surface area contributed by atoms with Crippen molar-refractivity contribution in [2.24, 2.45) is 0 Å².